The molecule has 0 aliphatic carbocycles. The molecule has 6 heteroatoms. The standard InChI is InChI=1S/C12H17N3O3/c1-8-6-10(14-13-8)12(18)15-5-3-2-4-9(15)7-11(16)17/h6,9H,2-5,7H2,1H3,(H,13,14)(H,16,17). The number of aromatic nitrogens is 2. The topological polar surface area (TPSA) is 86.3 Å². The zero-order valence-electron chi connectivity index (χ0n) is 10.3. The summed E-state index contributed by atoms with van der Waals surface area (Å²) in [6.07, 6.45) is 2.66. The molecule has 6 nitrogen and oxygen atoms in total. The van der Waals surface area contributed by atoms with E-state index in [4.69, 9.17) is 5.11 Å². The van der Waals surface area contributed by atoms with Crippen LogP contribution < -0.4 is 0 Å². The molecular formula is C12H17N3O3. The summed E-state index contributed by atoms with van der Waals surface area (Å²) in [6, 6.07) is 1.48. The number of piperidine rings is 1. The number of aliphatic carboxylic acids is 1. The molecule has 1 aliphatic rings. The maximum atomic E-state index is 12.3. The van der Waals surface area contributed by atoms with Crippen LogP contribution in [0.5, 0.6) is 0 Å². The first-order valence-electron chi connectivity index (χ1n) is 6.12. The average molecular weight is 251 g/mol. The van der Waals surface area contributed by atoms with Gasteiger partial charge in [-0.2, -0.15) is 5.10 Å². The molecule has 18 heavy (non-hydrogen) atoms. The lowest BCUT2D eigenvalue weighted by Gasteiger charge is -2.34. The van der Waals surface area contributed by atoms with Crippen LogP contribution in [0.3, 0.4) is 0 Å². The van der Waals surface area contributed by atoms with E-state index in [2.05, 4.69) is 10.2 Å². The van der Waals surface area contributed by atoms with Gasteiger partial charge in [0.1, 0.15) is 5.69 Å². The van der Waals surface area contributed by atoms with E-state index in [1.165, 1.54) is 0 Å². The second-order valence-electron chi connectivity index (χ2n) is 4.68. The number of likely N-dealkylation sites (tertiary alicyclic amines) is 1. The molecule has 98 valence electrons. The van der Waals surface area contributed by atoms with Gasteiger partial charge >= 0.3 is 5.97 Å². The average Bonchev–Trinajstić information content (AvgIpc) is 2.75. The van der Waals surface area contributed by atoms with Crippen molar-refractivity contribution >= 4 is 11.9 Å². The van der Waals surface area contributed by atoms with Crippen molar-refractivity contribution in [1.29, 1.82) is 0 Å². The molecule has 0 saturated carbocycles. The molecule has 2 rings (SSSR count). The summed E-state index contributed by atoms with van der Waals surface area (Å²) >= 11 is 0. The Kier molecular flexibility index (Phi) is 3.64. The Morgan fingerprint density at radius 3 is 2.94 bits per heavy atom. The van der Waals surface area contributed by atoms with Crippen LogP contribution in [0.2, 0.25) is 0 Å². The first-order valence-corrected chi connectivity index (χ1v) is 6.12. The molecule has 1 saturated heterocycles. The highest BCUT2D eigenvalue weighted by molar-refractivity contribution is 5.93. The first-order chi connectivity index (χ1) is 8.58. The van der Waals surface area contributed by atoms with E-state index in [0.717, 1.165) is 25.0 Å². The molecule has 1 unspecified atom stereocenters. The van der Waals surface area contributed by atoms with Crippen LogP contribution in [0.15, 0.2) is 6.07 Å². The van der Waals surface area contributed by atoms with Crippen molar-refractivity contribution in [1.82, 2.24) is 15.1 Å². The number of rotatable bonds is 3. The fraction of sp³-hybridized carbons (Fsp3) is 0.583. The highest BCUT2D eigenvalue weighted by atomic mass is 16.4. The summed E-state index contributed by atoms with van der Waals surface area (Å²) in [4.78, 5) is 24.7. The van der Waals surface area contributed by atoms with Gasteiger partial charge in [-0.1, -0.05) is 0 Å². The van der Waals surface area contributed by atoms with E-state index >= 15 is 0 Å². The molecule has 1 aromatic heterocycles. The molecule has 1 amide bonds. The summed E-state index contributed by atoms with van der Waals surface area (Å²) < 4.78 is 0. The molecule has 0 bridgehead atoms. The van der Waals surface area contributed by atoms with E-state index in [9.17, 15) is 9.59 Å². The lowest BCUT2D eigenvalue weighted by atomic mass is 9.99. The Morgan fingerprint density at radius 1 is 1.56 bits per heavy atom. The number of carboxylic acid groups (broad SMARTS) is 1. The Hall–Kier alpha value is -1.85. The summed E-state index contributed by atoms with van der Waals surface area (Å²) in [5.41, 5.74) is 1.19. The van der Waals surface area contributed by atoms with Crippen LogP contribution in [-0.4, -0.2) is 44.7 Å². The molecule has 0 spiro atoms. The second-order valence-corrected chi connectivity index (χ2v) is 4.68. The Bertz CT molecular complexity index is 455. The monoisotopic (exact) mass is 251 g/mol. The van der Waals surface area contributed by atoms with Gasteiger partial charge < -0.3 is 10.0 Å². The fourth-order valence-corrected chi connectivity index (χ4v) is 2.36. The van der Waals surface area contributed by atoms with Crippen LogP contribution in [0.25, 0.3) is 0 Å². The molecule has 2 heterocycles. The third kappa shape index (κ3) is 2.69. The van der Waals surface area contributed by atoms with Gasteiger partial charge in [0.2, 0.25) is 0 Å². The van der Waals surface area contributed by atoms with Gasteiger partial charge in [-0.25, -0.2) is 0 Å². The summed E-state index contributed by atoms with van der Waals surface area (Å²) in [5.74, 6) is -1.04. The minimum absolute atomic E-state index is 0.00907. The molecule has 1 aliphatic heterocycles. The summed E-state index contributed by atoms with van der Waals surface area (Å²) in [6.45, 7) is 2.44. The van der Waals surface area contributed by atoms with Gasteiger partial charge in [0.15, 0.2) is 0 Å². The SMILES string of the molecule is Cc1cc(C(=O)N2CCCCC2CC(=O)O)n[nH]1. The minimum atomic E-state index is -0.863. The molecule has 0 radical (unpaired) electrons. The first kappa shape index (κ1) is 12.6. The number of hydrogen-bond donors (Lipinski definition) is 2. The normalized spacial score (nSPS) is 19.8. The van der Waals surface area contributed by atoms with Crippen molar-refractivity contribution in [2.45, 2.75) is 38.6 Å². The summed E-state index contributed by atoms with van der Waals surface area (Å²) in [5, 5.41) is 15.6. The van der Waals surface area contributed by atoms with Gasteiger partial charge in [0.05, 0.1) is 6.42 Å². The van der Waals surface area contributed by atoms with Crippen LogP contribution >= 0.6 is 0 Å². The van der Waals surface area contributed by atoms with Crippen molar-refractivity contribution in [3.05, 3.63) is 17.5 Å². The van der Waals surface area contributed by atoms with Crippen molar-refractivity contribution in [3.63, 3.8) is 0 Å². The predicted octanol–water partition coefficient (Wildman–Crippen LogP) is 1.19. The van der Waals surface area contributed by atoms with Gasteiger partial charge in [-0.3, -0.25) is 14.7 Å². The number of aromatic amines is 1. The number of carbonyl (C=O) groups excluding carboxylic acids is 1. The Labute approximate surface area is 105 Å². The molecule has 1 aromatic rings. The Morgan fingerprint density at radius 2 is 2.33 bits per heavy atom. The van der Waals surface area contributed by atoms with Crippen molar-refractivity contribution in [3.8, 4) is 0 Å². The maximum absolute atomic E-state index is 12.3. The lowest BCUT2D eigenvalue weighted by molar-refractivity contribution is -0.138. The maximum Gasteiger partial charge on any atom is 0.305 e. The molecule has 0 aromatic carbocycles. The van der Waals surface area contributed by atoms with Crippen LogP contribution in [0, 0.1) is 6.92 Å². The number of carboxylic acids is 1. The van der Waals surface area contributed by atoms with Crippen LogP contribution in [-0.2, 0) is 4.79 Å². The summed E-state index contributed by atoms with van der Waals surface area (Å²) in [7, 11) is 0. The highest BCUT2D eigenvalue weighted by Crippen LogP contribution is 2.21. The zero-order valence-corrected chi connectivity index (χ0v) is 10.3. The molecule has 2 N–H and O–H groups in total. The number of hydrogen-bond acceptors (Lipinski definition) is 3. The fourth-order valence-electron chi connectivity index (χ4n) is 2.36. The lowest BCUT2D eigenvalue weighted by Crippen LogP contribution is -2.44. The van der Waals surface area contributed by atoms with E-state index in [0.29, 0.717) is 12.2 Å². The second kappa shape index (κ2) is 5.20. The number of aryl methyl sites for hydroxylation is 1. The number of H-pyrrole nitrogens is 1. The van der Waals surface area contributed by atoms with Crippen LogP contribution in [0.4, 0.5) is 0 Å². The zero-order chi connectivity index (χ0) is 13.1. The molecule has 1 fully saturated rings. The quantitative estimate of drug-likeness (QED) is 0.844. The smallest absolute Gasteiger partial charge is 0.305 e. The number of carbonyl (C=O) groups is 2. The van der Waals surface area contributed by atoms with Gasteiger partial charge in [-0.15, -0.1) is 0 Å². The van der Waals surface area contributed by atoms with Crippen molar-refractivity contribution < 1.29 is 14.7 Å². The Balaban J connectivity index is 2.13. The third-order valence-electron chi connectivity index (χ3n) is 3.22. The van der Waals surface area contributed by atoms with Gasteiger partial charge in [0, 0.05) is 18.3 Å². The minimum Gasteiger partial charge on any atom is -0.481 e. The van der Waals surface area contributed by atoms with E-state index in [-0.39, 0.29) is 18.4 Å². The number of amides is 1. The van der Waals surface area contributed by atoms with E-state index < -0.39 is 5.97 Å². The van der Waals surface area contributed by atoms with Gasteiger partial charge in [0.25, 0.3) is 5.91 Å². The molecular weight excluding hydrogens is 234 g/mol. The number of nitrogens with one attached hydrogen (secondary N) is 1. The largest absolute Gasteiger partial charge is 0.481 e. The number of nitrogens with zero attached hydrogens (tertiary/aromatic N) is 2. The van der Waals surface area contributed by atoms with E-state index in [1.807, 2.05) is 6.92 Å². The van der Waals surface area contributed by atoms with Crippen LogP contribution in [0.1, 0.15) is 41.9 Å². The van der Waals surface area contributed by atoms with E-state index in [1.54, 1.807) is 11.0 Å². The van der Waals surface area contributed by atoms with Gasteiger partial charge in [-0.05, 0) is 32.3 Å². The molecule has 1 atom stereocenters. The van der Waals surface area contributed by atoms with Crippen molar-refractivity contribution in [2.75, 3.05) is 6.54 Å². The highest BCUT2D eigenvalue weighted by Gasteiger charge is 2.30. The third-order valence-corrected chi connectivity index (χ3v) is 3.22. The predicted molar refractivity (Wildman–Crippen MR) is 64.3 cm³/mol. The van der Waals surface area contributed by atoms with Crippen molar-refractivity contribution in [2.24, 2.45) is 0 Å².